The van der Waals surface area contributed by atoms with Crippen molar-refractivity contribution in [1.82, 2.24) is 25.8 Å². The van der Waals surface area contributed by atoms with E-state index in [0.29, 0.717) is 5.11 Å². The molecule has 0 amide bonds. The zero-order chi connectivity index (χ0) is 13.2. The van der Waals surface area contributed by atoms with Gasteiger partial charge < -0.3 is 20.9 Å². The third-order valence-electron chi connectivity index (χ3n) is 2.19. The van der Waals surface area contributed by atoms with Crippen molar-refractivity contribution in [3.05, 3.63) is 16.6 Å². The van der Waals surface area contributed by atoms with Crippen LogP contribution in [0.3, 0.4) is 0 Å². The van der Waals surface area contributed by atoms with Crippen molar-refractivity contribution in [2.75, 3.05) is 40.3 Å². The van der Waals surface area contributed by atoms with E-state index in [1.807, 2.05) is 25.7 Å². The fourth-order valence-electron chi connectivity index (χ4n) is 1.26. The van der Waals surface area contributed by atoms with E-state index in [1.54, 1.807) is 11.3 Å². The molecule has 5 nitrogen and oxygen atoms in total. The van der Waals surface area contributed by atoms with Crippen LogP contribution in [0.25, 0.3) is 0 Å². The second kappa shape index (κ2) is 9.21. The first-order valence-corrected chi connectivity index (χ1v) is 7.23. The molecule has 3 N–H and O–H groups in total. The molecule has 102 valence electrons. The van der Waals surface area contributed by atoms with Crippen molar-refractivity contribution in [2.45, 2.75) is 6.54 Å². The van der Waals surface area contributed by atoms with Gasteiger partial charge in [-0.15, -0.1) is 11.3 Å². The van der Waals surface area contributed by atoms with Gasteiger partial charge in [-0.25, -0.2) is 4.98 Å². The van der Waals surface area contributed by atoms with Crippen LogP contribution < -0.4 is 16.0 Å². The monoisotopic (exact) mass is 287 g/mol. The average Bonchev–Trinajstić information content (AvgIpc) is 2.81. The number of thiocarbonyl (C=S) groups is 1. The van der Waals surface area contributed by atoms with Gasteiger partial charge in [0, 0.05) is 44.3 Å². The van der Waals surface area contributed by atoms with Crippen LogP contribution in [0.1, 0.15) is 5.01 Å². The van der Waals surface area contributed by atoms with Crippen LogP contribution in [0.2, 0.25) is 0 Å². The Morgan fingerprint density at radius 3 is 2.78 bits per heavy atom. The molecule has 18 heavy (non-hydrogen) atoms. The van der Waals surface area contributed by atoms with Crippen molar-refractivity contribution in [3.63, 3.8) is 0 Å². The maximum atomic E-state index is 5.16. The van der Waals surface area contributed by atoms with E-state index in [4.69, 9.17) is 12.2 Å². The van der Waals surface area contributed by atoms with Crippen LogP contribution in [0.5, 0.6) is 0 Å². The molecule has 0 aliphatic heterocycles. The molecule has 0 bridgehead atoms. The van der Waals surface area contributed by atoms with E-state index in [0.717, 1.165) is 37.7 Å². The smallest absolute Gasteiger partial charge is 0.166 e. The lowest BCUT2D eigenvalue weighted by Crippen LogP contribution is -2.41. The first-order valence-electron chi connectivity index (χ1n) is 5.94. The Morgan fingerprint density at radius 1 is 1.33 bits per heavy atom. The number of nitrogens with one attached hydrogen (secondary N) is 3. The molecule has 1 heterocycles. The molecule has 0 radical (unpaired) electrons. The third-order valence-corrected chi connectivity index (χ3v) is 3.26. The Hall–Kier alpha value is -0.760. The summed E-state index contributed by atoms with van der Waals surface area (Å²) < 4.78 is 0. The van der Waals surface area contributed by atoms with Crippen LogP contribution >= 0.6 is 23.6 Å². The molecule has 0 spiro atoms. The predicted molar refractivity (Wildman–Crippen MR) is 81.0 cm³/mol. The van der Waals surface area contributed by atoms with Gasteiger partial charge in [0.05, 0.1) is 0 Å². The SMILES string of the molecule is CN(C)CCNC(=S)NCCNCc1nccs1. The molecule has 0 aliphatic carbocycles. The van der Waals surface area contributed by atoms with E-state index >= 15 is 0 Å². The number of nitrogens with zero attached hydrogens (tertiary/aromatic N) is 2. The van der Waals surface area contributed by atoms with Crippen molar-refractivity contribution in [3.8, 4) is 0 Å². The molecule has 0 atom stereocenters. The van der Waals surface area contributed by atoms with Crippen LogP contribution in [-0.2, 0) is 6.54 Å². The molecular formula is C11H21N5S2. The second-order valence-electron chi connectivity index (χ2n) is 4.09. The highest BCUT2D eigenvalue weighted by Gasteiger charge is 1.96. The maximum absolute atomic E-state index is 5.16. The highest BCUT2D eigenvalue weighted by molar-refractivity contribution is 7.80. The van der Waals surface area contributed by atoms with Gasteiger partial charge in [0.1, 0.15) is 5.01 Å². The summed E-state index contributed by atoms with van der Waals surface area (Å²) in [4.78, 5) is 6.32. The number of aromatic nitrogens is 1. The van der Waals surface area contributed by atoms with Gasteiger partial charge in [-0.1, -0.05) is 0 Å². The standard InChI is InChI=1S/C11H21N5S2/c1-16(2)7-5-15-11(17)14-4-3-12-9-10-13-6-8-18-10/h6,8,12H,3-5,7,9H2,1-2H3,(H2,14,15,17). The van der Waals surface area contributed by atoms with Gasteiger partial charge in [-0.2, -0.15) is 0 Å². The van der Waals surface area contributed by atoms with E-state index in [-0.39, 0.29) is 0 Å². The largest absolute Gasteiger partial charge is 0.361 e. The van der Waals surface area contributed by atoms with Crippen LogP contribution in [-0.4, -0.2) is 55.3 Å². The zero-order valence-electron chi connectivity index (χ0n) is 10.9. The molecule has 1 rings (SSSR count). The molecule has 7 heteroatoms. The summed E-state index contributed by atoms with van der Waals surface area (Å²) in [5, 5.41) is 13.4. The Balaban J connectivity index is 1.92. The van der Waals surface area contributed by atoms with E-state index in [9.17, 15) is 0 Å². The molecular weight excluding hydrogens is 266 g/mol. The average molecular weight is 287 g/mol. The molecule has 0 aliphatic rings. The number of hydrogen-bond donors (Lipinski definition) is 3. The van der Waals surface area contributed by atoms with Gasteiger partial charge in [0.2, 0.25) is 0 Å². The van der Waals surface area contributed by atoms with Gasteiger partial charge in [-0.3, -0.25) is 0 Å². The summed E-state index contributed by atoms with van der Waals surface area (Å²) in [7, 11) is 4.08. The van der Waals surface area contributed by atoms with E-state index < -0.39 is 0 Å². The van der Waals surface area contributed by atoms with Crippen molar-refractivity contribution in [2.24, 2.45) is 0 Å². The minimum absolute atomic E-state index is 0.716. The number of rotatable bonds is 8. The first kappa shape index (κ1) is 15.3. The number of thiazole rings is 1. The molecule has 0 aromatic carbocycles. The maximum Gasteiger partial charge on any atom is 0.166 e. The van der Waals surface area contributed by atoms with Gasteiger partial charge in [0.15, 0.2) is 5.11 Å². The van der Waals surface area contributed by atoms with Crippen LogP contribution in [0.4, 0.5) is 0 Å². The second-order valence-corrected chi connectivity index (χ2v) is 5.48. The lowest BCUT2D eigenvalue weighted by molar-refractivity contribution is 0.412. The highest BCUT2D eigenvalue weighted by Crippen LogP contribution is 2.01. The van der Waals surface area contributed by atoms with Gasteiger partial charge >= 0.3 is 0 Å². The summed E-state index contributed by atoms with van der Waals surface area (Å²) in [5.74, 6) is 0. The summed E-state index contributed by atoms with van der Waals surface area (Å²) >= 11 is 6.82. The minimum Gasteiger partial charge on any atom is -0.361 e. The Kier molecular flexibility index (Phi) is 7.83. The molecule has 0 unspecified atom stereocenters. The Bertz CT molecular complexity index is 326. The van der Waals surface area contributed by atoms with Crippen LogP contribution in [0, 0.1) is 0 Å². The minimum atomic E-state index is 0.716. The summed E-state index contributed by atoms with van der Waals surface area (Å²) in [5.41, 5.74) is 0. The Labute approximate surface area is 118 Å². The van der Waals surface area contributed by atoms with Crippen molar-refractivity contribution < 1.29 is 0 Å². The van der Waals surface area contributed by atoms with Gasteiger partial charge in [0.25, 0.3) is 0 Å². The molecule has 0 saturated heterocycles. The normalized spacial score (nSPS) is 10.6. The number of likely N-dealkylation sites (N-methyl/N-ethyl adjacent to an activating group) is 1. The summed E-state index contributed by atoms with van der Waals surface area (Å²) in [6, 6.07) is 0. The lowest BCUT2D eigenvalue weighted by atomic mass is 10.5. The molecule has 0 fully saturated rings. The molecule has 1 aromatic rings. The third kappa shape index (κ3) is 7.54. The topological polar surface area (TPSA) is 52.2 Å². The fourth-order valence-corrected chi connectivity index (χ4v) is 2.05. The number of hydrogen-bond acceptors (Lipinski definition) is 5. The summed E-state index contributed by atoms with van der Waals surface area (Å²) in [6.45, 7) is 4.35. The highest BCUT2D eigenvalue weighted by atomic mass is 32.1. The van der Waals surface area contributed by atoms with Gasteiger partial charge in [-0.05, 0) is 26.3 Å². The first-order chi connectivity index (χ1) is 8.68. The van der Waals surface area contributed by atoms with Crippen molar-refractivity contribution in [1.29, 1.82) is 0 Å². The van der Waals surface area contributed by atoms with Crippen molar-refractivity contribution >= 4 is 28.7 Å². The Morgan fingerprint density at radius 2 is 2.11 bits per heavy atom. The van der Waals surface area contributed by atoms with E-state index in [1.165, 1.54) is 0 Å². The lowest BCUT2D eigenvalue weighted by Gasteiger charge is -2.13. The summed E-state index contributed by atoms with van der Waals surface area (Å²) in [6.07, 6.45) is 1.82. The fraction of sp³-hybridized carbons (Fsp3) is 0.636. The molecule has 1 aromatic heterocycles. The van der Waals surface area contributed by atoms with E-state index in [2.05, 4.69) is 25.8 Å². The zero-order valence-corrected chi connectivity index (χ0v) is 12.5. The van der Waals surface area contributed by atoms with Crippen LogP contribution in [0.15, 0.2) is 11.6 Å². The predicted octanol–water partition coefficient (Wildman–Crippen LogP) is 0.258. The quantitative estimate of drug-likeness (QED) is 0.471. The molecule has 0 saturated carbocycles.